The Bertz CT molecular complexity index is 822. The summed E-state index contributed by atoms with van der Waals surface area (Å²) in [6.07, 6.45) is 2.12. The van der Waals surface area contributed by atoms with Crippen molar-refractivity contribution in [1.29, 1.82) is 0 Å². The Morgan fingerprint density at radius 1 is 1.09 bits per heavy atom. The van der Waals surface area contributed by atoms with Crippen LogP contribution in [0, 0.1) is 0 Å². The van der Waals surface area contributed by atoms with E-state index in [-0.39, 0.29) is 5.69 Å². The predicted octanol–water partition coefficient (Wildman–Crippen LogP) is 3.59. The number of amides is 1. The molecule has 3 rings (SSSR count). The lowest BCUT2D eigenvalue weighted by atomic mass is 10.0. The second-order valence-electron chi connectivity index (χ2n) is 5.48. The van der Waals surface area contributed by atoms with Crippen molar-refractivity contribution in [3.05, 3.63) is 71.9 Å². The van der Waals surface area contributed by atoms with E-state index in [9.17, 15) is 4.79 Å². The zero-order valence-corrected chi connectivity index (χ0v) is 13.1. The quantitative estimate of drug-likeness (QED) is 0.783. The predicted molar refractivity (Wildman–Crippen MR) is 91.5 cm³/mol. The number of carbonyl (C=O) groups excluding carboxylic acids is 1. The maximum atomic E-state index is 11.5. The Kier molecular flexibility index (Phi) is 4.24. The van der Waals surface area contributed by atoms with Crippen molar-refractivity contribution in [2.24, 2.45) is 5.73 Å². The molecule has 0 aliphatic carbocycles. The van der Waals surface area contributed by atoms with Gasteiger partial charge in [-0.05, 0) is 36.2 Å². The van der Waals surface area contributed by atoms with Crippen LogP contribution in [0.4, 0.5) is 0 Å². The molecule has 116 valence electrons. The molecule has 2 aromatic carbocycles. The van der Waals surface area contributed by atoms with Gasteiger partial charge in [0.1, 0.15) is 0 Å². The van der Waals surface area contributed by atoms with Gasteiger partial charge in [0, 0.05) is 5.56 Å². The molecular weight excluding hydrogens is 286 g/mol. The topological polar surface area (TPSA) is 60.9 Å². The van der Waals surface area contributed by atoms with Gasteiger partial charge >= 0.3 is 0 Å². The van der Waals surface area contributed by atoms with Crippen LogP contribution < -0.4 is 5.73 Å². The summed E-state index contributed by atoms with van der Waals surface area (Å²) in [5, 5.41) is 4.37. The number of aromatic nitrogens is 2. The number of hydrogen-bond acceptors (Lipinski definition) is 2. The molecule has 2 N–H and O–H groups in total. The molecule has 1 heterocycles. The van der Waals surface area contributed by atoms with E-state index in [0.29, 0.717) is 0 Å². The van der Waals surface area contributed by atoms with Crippen LogP contribution >= 0.6 is 0 Å². The third-order valence-corrected chi connectivity index (χ3v) is 3.72. The number of hydrogen-bond donors (Lipinski definition) is 1. The molecule has 0 saturated heterocycles. The monoisotopic (exact) mass is 305 g/mol. The first kappa shape index (κ1) is 15.0. The smallest absolute Gasteiger partial charge is 0.269 e. The first-order valence-electron chi connectivity index (χ1n) is 7.73. The van der Waals surface area contributed by atoms with Gasteiger partial charge in [0.05, 0.1) is 11.4 Å². The van der Waals surface area contributed by atoms with Crippen LogP contribution in [0.5, 0.6) is 0 Å². The Morgan fingerprint density at radius 3 is 2.57 bits per heavy atom. The van der Waals surface area contributed by atoms with Gasteiger partial charge in [-0.1, -0.05) is 49.7 Å². The molecule has 0 spiro atoms. The fourth-order valence-electron chi connectivity index (χ4n) is 2.65. The van der Waals surface area contributed by atoms with Gasteiger partial charge in [-0.2, -0.15) is 5.10 Å². The summed E-state index contributed by atoms with van der Waals surface area (Å²) < 4.78 is 1.77. The van der Waals surface area contributed by atoms with Gasteiger partial charge in [0.2, 0.25) is 0 Å². The molecule has 0 atom stereocenters. The minimum atomic E-state index is -0.523. The maximum absolute atomic E-state index is 11.5. The lowest BCUT2D eigenvalue weighted by Crippen LogP contribution is -2.12. The molecule has 0 aliphatic rings. The van der Waals surface area contributed by atoms with Crippen LogP contribution in [0.15, 0.2) is 60.7 Å². The molecule has 0 saturated carbocycles. The first-order valence-corrected chi connectivity index (χ1v) is 7.73. The number of nitrogens with two attached hydrogens (primary N) is 1. The third kappa shape index (κ3) is 3.16. The zero-order valence-electron chi connectivity index (χ0n) is 13.1. The Balaban J connectivity index is 2.14. The standard InChI is InChI=1S/C19H19N3O/c1-2-7-14-8-6-9-15(12-14)18-13-17(19(20)23)21-22(18)16-10-4-3-5-11-16/h3-6,8-13H,2,7H2,1H3,(H2,20,23). The van der Waals surface area contributed by atoms with E-state index in [1.807, 2.05) is 42.5 Å². The molecule has 4 nitrogen and oxygen atoms in total. The number of aryl methyl sites for hydroxylation is 1. The Morgan fingerprint density at radius 2 is 1.87 bits per heavy atom. The third-order valence-electron chi connectivity index (χ3n) is 3.72. The summed E-state index contributed by atoms with van der Waals surface area (Å²) in [6.45, 7) is 2.16. The maximum Gasteiger partial charge on any atom is 0.269 e. The average molecular weight is 305 g/mol. The molecule has 1 aromatic heterocycles. The molecule has 0 unspecified atom stereocenters. The minimum Gasteiger partial charge on any atom is -0.364 e. The average Bonchev–Trinajstić information content (AvgIpc) is 3.02. The van der Waals surface area contributed by atoms with Crippen LogP contribution in [-0.4, -0.2) is 15.7 Å². The van der Waals surface area contributed by atoms with Gasteiger partial charge in [-0.25, -0.2) is 4.68 Å². The van der Waals surface area contributed by atoms with E-state index in [1.165, 1.54) is 5.56 Å². The number of primary amides is 1. The van der Waals surface area contributed by atoms with Crippen molar-refractivity contribution in [3.8, 4) is 16.9 Å². The molecule has 0 bridgehead atoms. The summed E-state index contributed by atoms with van der Waals surface area (Å²) in [4.78, 5) is 11.5. The summed E-state index contributed by atoms with van der Waals surface area (Å²) in [5.41, 5.74) is 9.74. The van der Waals surface area contributed by atoms with E-state index >= 15 is 0 Å². The van der Waals surface area contributed by atoms with Crippen molar-refractivity contribution < 1.29 is 4.79 Å². The number of nitrogens with zero attached hydrogens (tertiary/aromatic N) is 2. The minimum absolute atomic E-state index is 0.268. The van der Waals surface area contributed by atoms with Gasteiger partial charge in [0.25, 0.3) is 5.91 Å². The summed E-state index contributed by atoms with van der Waals surface area (Å²) in [6, 6.07) is 19.8. The summed E-state index contributed by atoms with van der Waals surface area (Å²) >= 11 is 0. The van der Waals surface area contributed by atoms with Crippen molar-refractivity contribution in [2.45, 2.75) is 19.8 Å². The Hall–Kier alpha value is -2.88. The SMILES string of the molecule is CCCc1cccc(-c2cc(C(N)=O)nn2-c2ccccc2)c1. The van der Waals surface area contributed by atoms with E-state index in [1.54, 1.807) is 10.7 Å². The number of benzene rings is 2. The number of rotatable bonds is 5. The lowest BCUT2D eigenvalue weighted by Gasteiger charge is -2.08. The molecule has 4 heteroatoms. The van der Waals surface area contributed by atoms with Crippen molar-refractivity contribution in [3.63, 3.8) is 0 Å². The first-order chi connectivity index (χ1) is 11.2. The number of para-hydroxylation sites is 1. The molecule has 3 aromatic rings. The highest BCUT2D eigenvalue weighted by Crippen LogP contribution is 2.25. The van der Waals surface area contributed by atoms with Crippen molar-refractivity contribution >= 4 is 5.91 Å². The largest absolute Gasteiger partial charge is 0.364 e. The normalized spacial score (nSPS) is 10.7. The van der Waals surface area contributed by atoms with E-state index in [4.69, 9.17) is 5.73 Å². The van der Waals surface area contributed by atoms with E-state index in [0.717, 1.165) is 29.8 Å². The lowest BCUT2D eigenvalue weighted by molar-refractivity contribution is 0.0995. The second-order valence-corrected chi connectivity index (χ2v) is 5.48. The molecule has 1 amide bonds. The highest BCUT2D eigenvalue weighted by molar-refractivity contribution is 5.92. The fraction of sp³-hybridized carbons (Fsp3) is 0.158. The molecular formula is C19H19N3O. The van der Waals surface area contributed by atoms with Crippen LogP contribution in [-0.2, 0) is 6.42 Å². The summed E-state index contributed by atoms with van der Waals surface area (Å²) in [5.74, 6) is -0.523. The zero-order chi connectivity index (χ0) is 16.2. The van der Waals surface area contributed by atoms with Crippen LogP contribution in [0.3, 0.4) is 0 Å². The molecule has 0 radical (unpaired) electrons. The van der Waals surface area contributed by atoms with Crippen molar-refractivity contribution in [1.82, 2.24) is 9.78 Å². The van der Waals surface area contributed by atoms with Crippen molar-refractivity contribution in [2.75, 3.05) is 0 Å². The highest BCUT2D eigenvalue weighted by Gasteiger charge is 2.14. The molecule has 0 aliphatic heterocycles. The molecule has 0 fully saturated rings. The van der Waals surface area contributed by atoms with Gasteiger partial charge in [-0.15, -0.1) is 0 Å². The molecule has 23 heavy (non-hydrogen) atoms. The summed E-state index contributed by atoms with van der Waals surface area (Å²) in [7, 11) is 0. The fourth-order valence-corrected chi connectivity index (χ4v) is 2.65. The number of carbonyl (C=O) groups is 1. The van der Waals surface area contributed by atoms with E-state index < -0.39 is 5.91 Å². The van der Waals surface area contributed by atoms with Gasteiger partial charge < -0.3 is 5.73 Å². The van der Waals surface area contributed by atoms with Crippen LogP contribution in [0.1, 0.15) is 29.4 Å². The highest BCUT2D eigenvalue weighted by atomic mass is 16.1. The van der Waals surface area contributed by atoms with Gasteiger partial charge in [-0.3, -0.25) is 4.79 Å². The Labute approximate surface area is 135 Å². The van der Waals surface area contributed by atoms with E-state index in [2.05, 4.69) is 24.2 Å². The van der Waals surface area contributed by atoms with Gasteiger partial charge in [0.15, 0.2) is 5.69 Å². The second kappa shape index (κ2) is 6.48. The van der Waals surface area contributed by atoms with Crippen LogP contribution in [0.25, 0.3) is 16.9 Å². The van der Waals surface area contributed by atoms with Crippen LogP contribution in [0.2, 0.25) is 0 Å².